The van der Waals surface area contributed by atoms with Gasteiger partial charge >= 0.3 is 0 Å². The minimum atomic E-state index is 0.269. The fraction of sp³-hybridized carbons (Fsp3) is 0.846. The predicted molar refractivity (Wildman–Crippen MR) is 70.8 cm³/mol. The van der Waals surface area contributed by atoms with Crippen LogP contribution in [0.4, 0.5) is 0 Å². The van der Waals surface area contributed by atoms with Gasteiger partial charge in [-0.1, -0.05) is 32.9 Å². The van der Waals surface area contributed by atoms with Gasteiger partial charge in [0.15, 0.2) is 0 Å². The van der Waals surface area contributed by atoms with Gasteiger partial charge in [-0.05, 0) is 30.7 Å². The first kappa shape index (κ1) is 14.2. The molecule has 1 atom stereocenters. The van der Waals surface area contributed by atoms with Gasteiger partial charge in [-0.15, -0.1) is 5.10 Å². The van der Waals surface area contributed by atoms with Crippen LogP contribution in [0.3, 0.4) is 0 Å². The van der Waals surface area contributed by atoms with Gasteiger partial charge in [-0.25, -0.2) is 0 Å². The van der Waals surface area contributed by atoms with Crippen LogP contribution >= 0.6 is 0 Å². The number of aromatic nitrogens is 3. The van der Waals surface area contributed by atoms with Crippen molar-refractivity contribution in [2.75, 3.05) is 13.1 Å². The Morgan fingerprint density at radius 1 is 1.47 bits per heavy atom. The van der Waals surface area contributed by atoms with E-state index in [9.17, 15) is 0 Å². The van der Waals surface area contributed by atoms with Crippen LogP contribution in [0.15, 0.2) is 6.20 Å². The van der Waals surface area contributed by atoms with Crippen molar-refractivity contribution < 1.29 is 0 Å². The molecule has 0 aliphatic rings. The van der Waals surface area contributed by atoms with Gasteiger partial charge in [0, 0.05) is 19.8 Å². The minimum Gasteiger partial charge on any atom is -0.316 e. The maximum absolute atomic E-state index is 4.18. The molecule has 0 bridgehead atoms. The fourth-order valence-corrected chi connectivity index (χ4v) is 1.89. The van der Waals surface area contributed by atoms with Crippen LogP contribution in [0.1, 0.15) is 39.8 Å². The zero-order chi connectivity index (χ0) is 12.9. The van der Waals surface area contributed by atoms with Gasteiger partial charge in [-0.2, -0.15) is 0 Å². The first-order chi connectivity index (χ1) is 7.95. The van der Waals surface area contributed by atoms with Crippen LogP contribution in [0.2, 0.25) is 0 Å². The third kappa shape index (κ3) is 4.86. The zero-order valence-electron chi connectivity index (χ0n) is 11.8. The van der Waals surface area contributed by atoms with E-state index in [2.05, 4.69) is 43.3 Å². The van der Waals surface area contributed by atoms with E-state index in [0.29, 0.717) is 5.92 Å². The Hall–Kier alpha value is -0.900. The molecule has 0 fully saturated rings. The molecule has 0 saturated carbocycles. The molecule has 1 N–H and O–H groups in total. The second-order valence-corrected chi connectivity index (χ2v) is 5.75. The molecule has 0 amide bonds. The lowest BCUT2D eigenvalue weighted by Gasteiger charge is -2.28. The second-order valence-electron chi connectivity index (χ2n) is 5.75. The predicted octanol–water partition coefficient (Wildman–Crippen LogP) is 2.02. The topological polar surface area (TPSA) is 42.7 Å². The highest BCUT2D eigenvalue weighted by Crippen LogP contribution is 2.24. The van der Waals surface area contributed by atoms with Crippen LogP contribution in [0, 0.1) is 11.3 Å². The number of nitrogens with one attached hydrogen (secondary N) is 1. The monoisotopic (exact) mass is 238 g/mol. The molecule has 0 aliphatic heterocycles. The van der Waals surface area contributed by atoms with Crippen molar-refractivity contribution in [2.24, 2.45) is 18.4 Å². The third-order valence-corrected chi connectivity index (χ3v) is 3.22. The molecule has 0 spiro atoms. The van der Waals surface area contributed by atoms with Crippen molar-refractivity contribution in [1.82, 2.24) is 20.3 Å². The molecule has 98 valence electrons. The normalized spacial score (nSPS) is 15.2. The summed E-state index contributed by atoms with van der Waals surface area (Å²) >= 11 is 0. The average Bonchev–Trinajstić information content (AvgIpc) is 2.63. The molecule has 4 nitrogen and oxygen atoms in total. The molecule has 1 aromatic rings. The van der Waals surface area contributed by atoms with Crippen LogP contribution < -0.4 is 5.32 Å². The number of aryl methyl sites for hydroxylation is 1. The van der Waals surface area contributed by atoms with Gasteiger partial charge in [0.05, 0.1) is 5.69 Å². The summed E-state index contributed by atoms with van der Waals surface area (Å²) in [5.74, 6) is 0.702. The Kier molecular flexibility index (Phi) is 5.12. The van der Waals surface area contributed by atoms with Gasteiger partial charge in [-0.3, -0.25) is 4.68 Å². The first-order valence-electron chi connectivity index (χ1n) is 6.51. The lowest BCUT2D eigenvalue weighted by molar-refractivity contribution is 0.282. The minimum absolute atomic E-state index is 0.269. The molecule has 0 aliphatic carbocycles. The summed E-state index contributed by atoms with van der Waals surface area (Å²) in [6.07, 6.45) is 4.15. The van der Waals surface area contributed by atoms with Crippen LogP contribution in [0.25, 0.3) is 0 Å². The van der Waals surface area contributed by atoms with Crippen molar-refractivity contribution in [3.8, 4) is 0 Å². The number of hydrogen-bond donors (Lipinski definition) is 1. The molecule has 4 heteroatoms. The molecule has 17 heavy (non-hydrogen) atoms. The number of hydrogen-bond acceptors (Lipinski definition) is 3. The van der Waals surface area contributed by atoms with E-state index < -0.39 is 0 Å². The molecule has 0 radical (unpaired) electrons. The van der Waals surface area contributed by atoms with Crippen molar-refractivity contribution in [3.63, 3.8) is 0 Å². The van der Waals surface area contributed by atoms with E-state index in [1.807, 2.05) is 13.2 Å². The summed E-state index contributed by atoms with van der Waals surface area (Å²) in [5, 5.41) is 11.7. The molecule has 0 aromatic carbocycles. The maximum Gasteiger partial charge on any atom is 0.0832 e. The summed E-state index contributed by atoms with van der Waals surface area (Å²) in [6.45, 7) is 11.1. The van der Waals surface area contributed by atoms with Crippen LogP contribution in [0.5, 0.6) is 0 Å². The molecule has 1 rings (SSSR count). The van der Waals surface area contributed by atoms with Crippen LogP contribution in [-0.2, 0) is 13.5 Å². The van der Waals surface area contributed by atoms with Crippen molar-refractivity contribution in [2.45, 2.75) is 40.5 Å². The molecule has 1 aromatic heterocycles. The average molecular weight is 238 g/mol. The number of nitrogens with zero attached hydrogens (tertiary/aromatic N) is 3. The molecule has 0 saturated heterocycles. The van der Waals surface area contributed by atoms with Gasteiger partial charge in [0.25, 0.3) is 0 Å². The van der Waals surface area contributed by atoms with E-state index >= 15 is 0 Å². The Labute approximate surface area is 105 Å². The van der Waals surface area contributed by atoms with Gasteiger partial charge in [0.1, 0.15) is 0 Å². The van der Waals surface area contributed by atoms with E-state index in [1.54, 1.807) is 4.68 Å². The first-order valence-corrected chi connectivity index (χ1v) is 6.51. The smallest absolute Gasteiger partial charge is 0.0832 e. The van der Waals surface area contributed by atoms with E-state index in [0.717, 1.165) is 31.6 Å². The Balaban J connectivity index is 2.50. The highest BCUT2D eigenvalue weighted by molar-refractivity contribution is 4.98. The SMILES string of the molecule is CCC(C)(CNCC(C)C)Cc1cn(C)nn1. The quantitative estimate of drug-likeness (QED) is 0.790. The third-order valence-electron chi connectivity index (χ3n) is 3.22. The highest BCUT2D eigenvalue weighted by Gasteiger charge is 2.23. The fourth-order valence-electron chi connectivity index (χ4n) is 1.89. The van der Waals surface area contributed by atoms with Crippen molar-refractivity contribution in [3.05, 3.63) is 11.9 Å². The summed E-state index contributed by atoms with van der Waals surface area (Å²) in [4.78, 5) is 0. The standard InChI is InChI=1S/C13H26N4/c1-6-13(4,10-14-8-11(2)3)7-12-9-17(5)16-15-12/h9,11,14H,6-8,10H2,1-5H3. The van der Waals surface area contributed by atoms with E-state index in [4.69, 9.17) is 0 Å². The lowest BCUT2D eigenvalue weighted by atomic mass is 9.82. The number of rotatable bonds is 7. The Morgan fingerprint density at radius 3 is 2.65 bits per heavy atom. The zero-order valence-corrected chi connectivity index (χ0v) is 11.8. The maximum atomic E-state index is 4.18. The Morgan fingerprint density at radius 2 is 2.18 bits per heavy atom. The van der Waals surface area contributed by atoms with Gasteiger partial charge < -0.3 is 5.32 Å². The summed E-state index contributed by atoms with van der Waals surface area (Å²) in [6, 6.07) is 0. The highest BCUT2D eigenvalue weighted by atomic mass is 15.4. The van der Waals surface area contributed by atoms with E-state index in [-0.39, 0.29) is 5.41 Å². The molecule has 1 heterocycles. The lowest BCUT2D eigenvalue weighted by Crippen LogP contribution is -2.35. The largest absolute Gasteiger partial charge is 0.316 e. The van der Waals surface area contributed by atoms with Crippen LogP contribution in [-0.4, -0.2) is 28.1 Å². The summed E-state index contributed by atoms with van der Waals surface area (Å²) in [5.41, 5.74) is 1.36. The van der Waals surface area contributed by atoms with E-state index in [1.165, 1.54) is 0 Å². The summed E-state index contributed by atoms with van der Waals surface area (Å²) < 4.78 is 1.77. The summed E-state index contributed by atoms with van der Waals surface area (Å²) in [7, 11) is 1.91. The molecular formula is C13H26N4. The second kappa shape index (κ2) is 6.15. The van der Waals surface area contributed by atoms with Crippen molar-refractivity contribution >= 4 is 0 Å². The van der Waals surface area contributed by atoms with Crippen molar-refractivity contribution in [1.29, 1.82) is 0 Å². The molecular weight excluding hydrogens is 212 g/mol. The molecule has 1 unspecified atom stereocenters. The Bertz CT molecular complexity index is 332. The van der Waals surface area contributed by atoms with Gasteiger partial charge in [0.2, 0.25) is 0 Å².